The quantitative estimate of drug-likeness (QED) is 0.790. The third kappa shape index (κ3) is 4.13. The summed E-state index contributed by atoms with van der Waals surface area (Å²) in [7, 11) is 0. The molecule has 4 nitrogen and oxygen atoms in total. The summed E-state index contributed by atoms with van der Waals surface area (Å²) in [4.78, 5) is 13.9. The lowest BCUT2D eigenvalue weighted by atomic mass is 9.72. The molecule has 0 aromatic rings. The normalized spacial score (nSPS) is 22.2. The number of rotatable bonds is 3. The third-order valence-corrected chi connectivity index (χ3v) is 4.35. The molecule has 1 aliphatic heterocycles. The van der Waals surface area contributed by atoms with Crippen LogP contribution in [0.1, 0.15) is 59.3 Å². The van der Waals surface area contributed by atoms with Gasteiger partial charge in [0.25, 0.3) is 0 Å². The van der Waals surface area contributed by atoms with E-state index in [1.807, 2.05) is 20.8 Å². The smallest absolute Gasteiger partial charge is 0.410 e. The average molecular weight is 278 g/mol. The van der Waals surface area contributed by atoms with Gasteiger partial charge in [0.15, 0.2) is 0 Å². The summed E-state index contributed by atoms with van der Waals surface area (Å²) >= 11 is 0. The zero-order valence-corrected chi connectivity index (χ0v) is 12.9. The van der Waals surface area contributed by atoms with Gasteiger partial charge >= 0.3 is 6.09 Å². The Balaban J connectivity index is 1.89. The first kappa shape index (κ1) is 15.2. The fourth-order valence-corrected chi connectivity index (χ4v) is 3.05. The van der Waals surface area contributed by atoms with Crippen LogP contribution in [0.25, 0.3) is 0 Å². The molecule has 0 spiro atoms. The molecule has 0 atom stereocenters. The van der Waals surface area contributed by atoms with E-state index in [0.29, 0.717) is 6.42 Å². The van der Waals surface area contributed by atoms with Crippen LogP contribution in [0.15, 0.2) is 0 Å². The number of piperidine rings is 1. The minimum atomic E-state index is -0.438. The van der Waals surface area contributed by atoms with E-state index in [4.69, 9.17) is 10.00 Å². The molecule has 112 valence electrons. The van der Waals surface area contributed by atoms with Crippen LogP contribution in [0.2, 0.25) is 0 Å². The van der Waals surface area contributed by atoms with Crippen molar-refractivity contribution in [2.24, 2.45) is 11.3 Å². The summed E-state index contributed by atoms with van der Waals surface area (Å²) in [5, 5.41) is 9.09. The highest BCUT2D eigenvalue weighted by Gasteiger charge is 2.40. The Labute approximate surface area is 122 Å². The Kier molecular flexibility index (Phi) is 4.27. The maximum Gasteiger partial charge on any atom is 0.410 e. The third-order valence-electron chi connectivity index (χ3n) is 4.35. The van der Waals surface area contributed by atoms with Crippen LogP contribution < -0.4 is 0 Å². The van der Waals surface area contributed by atoms with Crippen LogP contribution >= 0.6 is 0 Å². The fraction of sp³-hybridized carbons (Fsp3) is 0.875. The molecular formula is C16H26N2O2. The molecule has 0 N–H and O–H groups in total. The number of ether oxygens (including phenoxy) is 1. The van der Waals surface area contributed by atoms with E-state index in [0.717, 1.165) is 31.8 Å². The Bertz CT molecular complexity index is 394. The molecule has 20 heavy (non-hydrogen) atoms. The van der Waals surface area contributed by atoms with Crippen LogP contribution in [0.5, 0.6) is 0 Å². The van der Waals surface area contributed by atoms with Gasteiger partial charge in [-0.15, -0.1) is 0 Å². The first-order valence-corrected chi connectivity index (χ1v) is 7.68. The molecule has 1 saturated carbocycles. The molecule has 2 rings (SSSR count). The standard InChI is InChI=1S/C16H26N2O2/c1-15(2,3)20-14(19)18-10-7-16(6-9-17,8-11-18)12-13-4-5-13/h13H,4-8,10-12H2,1-3H3. The van der Waals surface area contributed by atoms with Crippen LogP contribution in [-0.2, 0) is 4.74 Å². The molecule has 0 unspecified atom stereocenters. The molecule has 0 aromatic carbocycles. The van der Waals surface area contributed by atoms with Crippen LogP contribution in [0.3, 0.4) is 0 Å². The number of hydrogen-bond acceptors (Lipinski definition) is 3. The van der Waals surface area contributed by atoms with Crippen molar-refractivity contribution in [2.75, 3.05) is 13.1 Å². The Morgan fingerprint density at radius 2 is 1.95 bits per heavy atom. The van der Waals surface area contributed by atoms with Gasteiger partial charge < -0.3 is 9.64 Å². The Morgan fingerprint density at radius 3 is 2.40 bits per heavy atom. The zero-order chi connectivity index (χ0) is 14.8. The second kappa shape index (κ2) is 5.63. The summed E-state index contributed by atoms with van der Waals surface area (Å²) in [5.74, 6) is 0.830. The number of likely N-dealkylation sites (tertiary alicyclic amines) is 1. The van der Waals surface area contributed by atoms with E-state index in [9.17, 15) is 4.79 Å². The highest BCUT2D eigenvalue weighted by molar-refractivity contribution is 5.68. The summed E-state index contributed by atoms with van der Waals surface area (Å²) in [6, 6.07) is 2.36. The van der Waals surface area contributed by atoms with Gasteiger partial charge in [0, 0.05) is 19.5 Å². The molecule has 0 radical (unpaired) electrons. The van der Waals surface area contributed by atoms with E-state index in [1.54, 1.807) is 4.90 Å². The summed E-state index contributed by atoms with van der Waals surface area (Å²) in [6.07, 6.45) is 6.11. The predicted molar refractivity (Wildman–Crippen MR) is 77.0 cm³/mol. The summed E-state index contributed by atoms with van der Waals surface area (Å²) in [5.41, 5.74) is -0.291. The second-order valence-electron chi connectivity index (χ2n) is 7.45. The minimum absolute atomic E-state index is 0.147. The number of nitriles is 1. The van der Waals surface area contributed by atoms with Crippen molar-refractivity contribution in [1.82, 2.24) is 4.90 Å². The molecule has 2 aliphatic rings. The number of carbonyl (C=O) groups is 1. The molecule has 1 saturated heterocycles. The van der Waals surface area contributed by atoms with Gasteiger partial charge in [0.2, 0.25) is 0 Å². The molecule has 1 heterocycles. The number of amides is 1. The minimum Gasteiger partial charge on any atom is -0.444 e. The highest BCUT2D eigenvalue weighted by Crippen LogP contribution is 2.47. The summed E-state index contributed by atoms with van der Waals surface area (Å²) in [6.45, 7) is 7.12. The lowest BCUT2D eigenvalue weighted by Gasteiger charge is -2.41. The molecule has 1 aliphatic carbocycles. The zero-order valence-electron chi connectivity index (χ0n) is 12.9. The van der Waals surface area contributed by atoms with Crippen molar-refractivity contribution < 1.29 is 9.53 Å². The van der Waals surface area contributed by atoms with Crippen molar-refractivity contribution >= 4 is 6.09 Å². The predicted octanol–water partition coefficient (Wildman–Crippen LogP) is 3.72. The van der Waals surface area contributed by atoms with Crippen molar-refractivity contribution in [3.8, 4) is 6.07 Å². The van der Waals surface area contributed by atoms with Crippen LogP contribution in [0, 0.1) is 22.7 Å². The average Bonchev–Trinajstić information content (AvgIpc) is 3.11. The maximum atomic E-state index is 12.1. The molecule has 4 heteroatoms. The van der Waals surface area contributed by atoms with E-state index in [1.165, 1.54) is 19.3 Å². The van der Waals surface area contributed by atoms with Crippen molar-refractivity contribution in [3.05, 3.63) is 0 Å². The molecule has 2 fully saturated rings. The largest absolute Gasteiger partial charge is 0.444 e. The van der Waals surface area contributed by atoms with E-state index >= 15 is 0 Å². The topological polar surface area (TPSA) is 53.3 Å². The fourth-order valence-electron chi connectivity index (χ4n) is 3.05. The van der Waals surface area contributed by atoms with Gasteiger partial charge in [-0.2, -0.15) is 5.26 Å². The highest BCUT2D eigenvalue weighted by atomic mass is 16.6. The van der Waals surface area contributed by atoms with E-state index in [2.05, 4.69) is 6.07 Å². The lowest BCUT2D eigenvalue weighted by Crippen LogP contribution is -2.45. The van der Waals surface area contributed by atoms with Crippen LogP contribution in [0.4, 0.5) is 4.79 Å². The van der Waals surface area contributed by atoms with Gasteiger partial charge in [-0.3, -0.25) is 0 Å². The molecular weight excluding hydrogens is 252 g/mol. The van der Waals surface area contributed by atoms with E-state index in [-0.39, 0.29) is 11.5 Å². The van der Waals surface area contributed by atoms with Gasteiger partial charge in [-0.05, 0) is 51.4 Å². The van der Waals surface area contributed by atoms with Crippen molar-refractivity contribution in [2.45, 2.75) is 64.9 Å². The van der Waals surface area contributed by atoms with Crippen molar-refractivity contribution in [3.63, 3.8) is 0 Å². The second-order valence-corrected chi connectivity index (χ2v) is 7.45. The molecule has 0 aromatic heterocycles. The lowest BCUT2D eigenvalue weighted by molar-refractivity contribution is 0.00874. The first-order chi connectivity index (χ1) is 9.34. The molecule has 1 amide bonds. The first-order valence-electron chi connectivity index (χ1n) is 7.68. The monoisotopic (exact) mass is 278 g/mol. The maximum absolute atomic E-state index is 12.1. The van der Waals surface area contributed by atoms with E-state index < -0.39 is 5.60 Å². The van der Waals surface area contributed by atoms with Crippen molar-refractivity contribution in [1.29, 1.82) is 5.26 Å². The Morgan fingerprint density at radius 1 is 1.35 bits per heavy atom. The van der Waals surface area contributed by atoms with Crippen LogP contribution in [-0.4, -0.2) is 29.7 Å². The molecule has 0 bridgehead atoms. The van der Waals surface area contributed by atoms with Gasteiger partial charge in [-0.25, -0.2) is 4.79 Å². The summed E-state index contributed by atoms with van der Waals surface area (Å²) < 4.78 is 5.42. The number of nitrogens with zero attached hydrogens (tertiary/aromatic N) is 2. The van der Waals surface area contributed by atoms with Gasteiger partial charge in [0.1, 0.15) is 5.60 Å². The van der Waals surface area contributed by atoms with Gasteiger partial charge in [0.05, 0.1) is 6.07 Å². The SMILES string of the molecule is CC(C)(C)OC(=O)N1CCC(CC#N)(CC2CC2)CC1. The number of carbonyl (C=O) groups excluding carboxylic acids is 1. The van der Waals surface area contributed by atoms with Gasteiger partial charge in [-0.1, -0.05) is 12.8 Å². The Hall–Kier alpha value is -1.24. The number of hydrogen-bond donors (Lipinski definition) is 0.